The van der Waals surface area contributed by atoms with E-state index in [1.165, 1.54) is 17.7 Å². The van der Waals surface area contributed by atoms with E-state index in [-0.39, 0.29) is 0 Å². The highest BCUT2D eigenvalue weighted by Crippen LogP contribution is 2.25. The summed E-state index contributed by atoms with van der Waals surface area (Å²) >= 11 is 0. The van der Waals surface area contributed by atoms with E-state index in [1.807, 2.05) is 0 Å². The van der Waals surface area contributed by atoms with Crippen LogP contribution in [0.5, 0.6) is 0 Å². The summed E-state index contributed by atoms with van der Waals surface area (Å²) in [4.78, 5) is 8.69. The number of rotatable bonds is 4. The molecule has 0 saturated carbocycles. The highest BCUT2D eigenvalue weighted by Gasteiger charge is 2.17. The lowest BCUT2D eigenvalue weighted by Gasteiger charge is -2.17. The highest BCUT2D eigenvalue weighted by molar-refractivity contribution is 5.48. The number of hydrogen-bond donors (Lipinski definition) is 1. The molecule has 1 aliphatic rings. The SMILES string of the molecule is CCC(CC)Nc1ncnc2c1CCC2. The van der Waals surface area contributed by atoms with Gasteiger partial charge in [0.25, 0.3) is 0 Å². The first-order valence-electron chi connectivity index (χ1n) is 5.94. The van der Waals surface area contributed by atoms with Gasteiger partial charge < -0.3 is 5.32 Å². The molecule has 3 heteroatoms. The lowest BCUT2D eigenvalue weighted by Crippen LogP contribution is -2.19. The van der Waals surface area contributed by atoms with Crippen LogP contribution in [0.4, 0.5) is 5.82 Å². The Morgan fingerprint density at radius 1 is 1.27 bits per heavy atom. The van der Waals surface area contributed by atoms with Crippen LogP contribution in [0.15, 0.2) is 6.33 Å². The van der Waals surface area contributed by atoms with Gasteiger partial charge in [-0.3, -0.25) is 0 Å². The predicted octanol–water partition coefficient (Wildman–Crippen LogP) is 2.57. The Bertz CT molecular complexity index is 332. The first kappa shape index (κ1) is 10.4. The summed E-state index contributed by atoms with van der Waals surface area (Å²) in [6.45, 7) is 4.42. The number of nitrogens with one attached hydrogen (secondary N) is 1. The zero-order valence-corrected chi connectivity index (χ0v) is 9.58. The minimum absolute atomic E-state index is 0.546. The van der Waals surface area contributed by atoms with Gasteiger partial charge in [0, 0.05) is 17.3 Å². The second-order valence-electron chi connectivity index (χ2n) is 4.16. The Kier molecular flexibility index (Phi) is 3.19. The van der Waals surface area contributed by atoms with Gasteiger partial charge in [-0.15, -0.1) is 0 Å². The Morgan fingerprint density at radius 2 is 2.07 bits per heavy atom. The van der Waals surface area contributed by atoms with Crippen LogP contribution in [0.1, 0.15) is 44.4 Å². The number of nitrogens with zero attached hydrogens (tertiary/aromatic N) is 2. The molecule has 2 rings (SSSR count). The molecule has 1 aromatic rings. The molecule has 0 fully saturated rings. The van der Waals surface area contributed by atoms with E-state index in [0.29, 0.717) is 6.04 Å². The van der Waals surface area contributed by atoms with Gasteiger partial charge in [-0.05, 0) is 32.1 Å². The van der Waals surface area contributed by atoms with Crippen molar-refractivity contribution in [1.82, 2.24) is 9.97 Å². The van der Waals surface area contributed by atoms with Crippen LogP contribution in [-0.4, -0.2) is 16.0 Å². The van der Waals surface area contributed by atoms with Crippen molar-refractivity contribution in [2.24, 2.45) is 0 Å². The van der Waals surface area contributed by atoms with Crippen LogP contribution in [-0.2, 0) is 12.8 Å². The normalized spacial score (nSPS) is 14.3. The summed E-state index contributed by atoms with van der Waals surface area (Å²) in [5, 5.41) is 3.53. The Balaban J connectivity index is 2.18. The first-order valence-corrected chi connectivity index (χ1v) is 5.94. The third-order valence-electron chi connectivity index (χ3n) is 3.20. The number of fused-ring (bicyclic) bond motifs is 1. The average molecular weight is 205 g/mol. The fourth-order valence-corrected chi connectivity index (χ4v) is 2.17. The molecule has 0 radical (unpaired) electrons. The molecule has 0 aliphatic heterocycles. The van der Waals surface area contributed by atoms with Crippen LogP contribution in [0, 0.1) is 0 Å². The van der Waals surface area contributed by atoms with Crippen LogP contribution in [0.25, 0.3) is 0 Å². The van der Waals surface area contributed by atoms with E-state index in [9.17, 15) is 0 Å². The van der Waals surface area contributed by atoms with E-state index >= 15 is 0 Å². The van der Waals surface area contributed by atoms with Crippen molar-refractivity contribution in [2.75, 3.05) is 5.32 Å². The number of anilines is 1. The summed E-state index contributed by atoms with van der Waals surface area (Å²) in [7, 11) is 0. The van der Waals surface area contributed by atoms with Gasteiger partial charge in [0.15, 0.2) is 0 Å². The van der Waals surface area contributed by atoms with E-state index in [0.717, 1.165) is 31.5 Å². The minimum atomic E-state index is 0.546. The van der Waals surface area contributed by atoms with Gasteiger partial charge in [0.05, 0.1) is 0 Å². The molecule has 3 nitrogen and oxygen atoms in total. The molecule has 0 saturated heterocycles. The lowest BCUT2D eigenvalue weighted by molar-refractivity contribution is 0.666. The molecule has 15 heavy (non-hydrogen) atoms. The van der Waals surface area contributed by atoms with E-state index in [1.54, 1.807) is 6.33 Å². The van der Waals surface area contributed by atoms with Gasteiger partial charge >= 0.3 is 0 Å². The smallest absolute Gasteiger partial charge is 0.133 e. The van der Waals surface area contributed by atoms with E-state index in [2.05, 4.69) is 29.1 Å². The molecule has 1 aromatic heterocycles. The second-order valence-corrected chi connectivity index (χ2v) is 4.16. The van der Waals surface area contributed by atoms with Crippen LogP contribution >= 0.6 is 0 Å². The van der Waals surface area contributed by atoms with Gasteiger partial charge in [-0.1, -0.05) is 13.8 Å². The maximum Gasteiger partial charge on any atom is 0.133 e. The lowest BCUT2D eigenvalue weighted by atomic mass is 10.1. The molecular formula is C12H19N3. The number of aryl methyl sites for hydroxylation is 1. The molecule has 0 atom stereocenters. The van der Waals surface area contributed by atoms with E-state index in [4.69, 9.17) is 0 Å². The van der Waals surface area contributed by atoms with Crippen LogP contribution in [0.3, 0.4) is 0 Å². The first-order chi connectivity index (χ1) is 7.35. The van der Waals surface area contributed by atoms with Crippen molar-refractivity contribution >= 4 is 5.82 Å². The molecule has 0 aromatic carbocycles. The second kappa shape index (κ2) is 4.60. The molecule has 1 aliphatic carbocycles. The quantitative estimate of drug-likeness (QED) is 0.821. The molecule has 1 N–H and O–H groups in total. The average Bonchev–Trinajstić information content (AvgIpc) is 2.74. The molecular weight excluding hydrogens is 186 g/mol. The standard InChI is InChI=1S/C12H19N3/c1-3-9(4-2)15-12-10-6-5-7-11(10)13-8-14-12/h8-9H,3-7H2,1-2H3,(H,13,14,15). The topological polar surface area (TPSA) is 37.8 Å². The fraction of sp³-hybridized carbons (Fsp3) is 0.667. The minimum Gasteiger partial charge on any atom is -0.367 e. The summed E-state index contributed by atoms with van der Waals surface area (Å²) < 4.78 is 0. The maximum atomic E-state index is 4.36. The Labute approximate surface area is 91.3 Å². The summed E-state index contributed by atoms with van der Waals surface area (Å²) in [5.41, 5.74) is 2.60. The Hall–Kier alpha value is -1.12. The van der Waals surface area contributed by atoms with Gasteiger partial charge in [-0.25, -0.2) is 9.97 Å². The molecule has 1 heterocycles. The van der Waals surface area contributed by atoms with E-state index < -0.39 is 0 Å². The van der Waals surface area contributed by atoms with Crippen molar-refractivity contribution in [2.45, 2.75) is 52.0 Å². The van der Waals surface area contributed by atoms with Crippen molar-refractivity contribution in [1.29, 1.82) is 0 Å². The van der Waals surface area contributed by atoms with Gasteiger partial charge in [0.2, 0.25) is 0 Å². The van der Waals surface area contributed by atoms with Gasteiger partial charge in [-0.2, -0.15) is 0 Å². The summed E-state index contributed by atoms with van der Waals surface area (Å²) in [6.07, 6.45) is 7.47. The fourth-order valence-electron chi connectivity index (χ4n) is 2.17. The van der Waals surface area contributed by atoms with Crippen LogP contribution < -0.4 is 5.32 Å². The van der Waals surface area contributed by atoms with Crippen molar-refractivity contribution < 1.29 is 0 Å². The molecule has 0 bridgehead atoms. The summed E-state index contributed by atoms with van der Waals surface area (Å²) in [6, 6.07) is 0.546. The maximum absolute atomic E-state index is 4.36. The highest BCUT2D eigenvalue weighted by atomic mass is 15.0. The Morgan fingerprint density at radius 3 is 2.80 bits per heavy atom. The van der Waals surface area contributed by atoms with Crippen molar-refractivity contribution in [3.63, 3.8) is 0 Å². The third kappa shape index (κ3) is 2.11. The number of aromatic nitrogens is 2. The third-order valence-corrected chi connectivity index (χ3v) is 3.20. The monoisotopic (exact) mass is 205 g/mol. The molecule has 0 spiro atoms. The van der Waals surface area contributed by atoms with Crippen LogP contribution in [0.2, 0.25) is 0 Å². The molecule has 0 unspecified atom stereocenters. The largest absolute Gasteiger partial charge is 0.367 e. The molecule has 82 valence electrons. The zero-order chi connectivity index (χ0) is 10.7. The van der Waals surface area contributed by atoms with Crippen molar-refractivity contribution in [3.05, 3.63) is 17.6 Å². The zero-order valence-electron chi connectivity index (χ0n) is 9.58. The van der Waals surface area contributed by atoms with Gasteiger partial charge in [0.1, 0.15) is 12.1 Å². The predicted molar refractivity (Wildman–Crippen MR) is 62.0 cm³/mol. The van der Waals surface area contributed by atoms with Crippen molar-refractivity contribution in [3.8, 4) is 0 Å². The molecule has 0 amide bonds. The summed E-state index contributed by atoms with van der Waals surface area (Å²) in [5.74, 6) is 1.08. The number of hydrogen-bond acceptors (Lipinski definition) is 3.